The minimum atomic E-state index is -0.167. The van der Waals surface area contributed by atoms with Crippen molar-refractivity contribution in [2.75, 3.05) is 40.5 Å². The van der Waals surface area contributed by atoms with Gasteiger partial charge in [-0.1, -0.05) is 6.07 Å². The van der Waals surface area contributed by atoms with Crippen molar-refractivity contribution < 1.29 is 14.3 Å². The molecule has 3 heterocycles. The fraction of sp³-hybridized carbons (Fsp3) is 0.684. The van der Waals surface area contributed by atoms with E-state index in [2.05, 4.69) is 34.0 Å². The van der Waals surface area contributed by atoms with E-state index in [1.54, 1.807) is 30.3 Å². The number of likely N-dealkylation sites (N-methyl/N-ethyl adjacent to an activating group) is 1. The van der Waals surface area contributed by atoms with Crippen LogP contribution in [0.3, 0.4) is 0 Å². The van der Waals surface area contributed by atoms with Gasteiger partial charge in [0.2, 0.25) is 5.91 Å². The summed E-state index contributed by atoms with van der Waals surface area (Å²) in [5.74, 6) is 0.652. The first kappa shape index (κ1) is 23.4. The first-order valence-electron chi connectivity index (χ1n) is 9.50. The normalized spacial score (nSPS) is 25.8. The van der Waals surface area contributed by atoms with Gasteiger partial charge in [-0.3, -0.25) is 4.79 Å². The van der Waals surface area contributed by atoms with Crippen LogP contribution in [-0.2, 0) is 14.3 Å². The molecule has 2 N–H and O–H groups in total. The molecule has 1 spiro atoms. The highest BCUT2D eigenvalue weighted by Crippen LogP contribution is 2.32. The van der Waals surface area contributed by atoms with Gasteiger partial charge in [0.05, 0.1) is 18.2 Å². The van der Waals surface area contributed by atoms with Gasteiger partial charge in [0.25, 0.3) is 0 Å². The molecule has 0 bridgehead atoms. The summed E-state index contributed by atoms with van der Waals surface area (Å²) in [5.41, 5.74) is -0.167. The molecule has 2 saturated heterocycles. The van der Waals surface area contributed by atoms with Crippen molar-refractivity contribution in [3.05, 3.63) is 22.4 Å². The van der Waals surface area contributed by atoms with Gasteiger partial charge < -0.3 is 25.0 Å². The van der Waals surface area contributed by atoms with Crippen LogP contribution in [0.25, 0.3) is 0 Å². The summed E-state index contributed by atoms with van der Waals surface area (Å²) in [4.78, 5) is 19.3. The Bertz CT molecular complexity index is 648. The Morgan fingerprint density at radius 3 is 2.93 bits per heavy atom. The second-order valence-corrected chi connectivity index (χ2v) is 8.48. The van der Waals surface area contributed by atoms with Gasteiger partial charge in [-0.05, 0) is 31.2 Å². The van der Waals surface area contributed by atoms with Crippen LogP contribution in [0.4, 0.5) is 0 Å². The minimum absolute atomic E-state index is 0. The zero-order chi connectivity index (χ0) is 19.3. The Morgan fingerprint density at radius 1 is 1.46 bits per heavy atom. The van der Waals surface area contributed by atoms with E-state index >= 15 is 0 Å². The molecular weight excluding hydrogens is 491 g/mol. The molecule has 1 aromatic rings. The minimum Gasteiger partial charge on any atom is -0.378 e. The maximum atomic E-state index is 12.0. The number of guanidine groups is 1. The molecular formula is C19H31IN4O3S. The van der Waals surface area contributed by atoms with Crippen molar-refractivity contribution in [1.29, 1.82) is 0 Å². The first-order chi connectivity index (χ1) is 13.0. The molecule has 0 radical (unpaired) electrons. The molecule has 2 fully saturated rings. The number of halogens is 1. The van der Waals surface area contributed by atoms with Gasteiger partial charge in [-0.15, -0.1) is 35.3 Å². The topological polar surface area (TPSA) is 75.2 Å². The van der Waals surface area contributed by atoms with E-state index < -0.39 is 0 Å². The van der Waals surface area contributed by atoms with Crippen LogP contribution in [0.2, 0.25) is 0 Å². The summed E-state index contributed by atoms with van der Waals surface area (Å²) in [6.07, 6.45) is 2.75. The fourth-order valence-electron chi connectivity index (χ4n) is 3.44. The molecule has 3 unspecified atom stereocenters. The highest BCUT2D eigenvalue weighted by Gasteiger charge is 2.41. The van der Waals surface area contributed by atoms with Crippen molar-refractivity contribution in [2.24, 2.45) is 4.99 Å². The zero-order valence-electron chi connectivity index (χ0n) is 16.8. The average Bonchev–Trinajstić information content (AvgIpc) is 3.32. The second kappa shape index (κ2) is 10.7. The molecule has 0 saturated carbocycles. The van der Waals surface area contributed by atoms with Gasteiger partial charge in [0, 0.05) is 44.6 Å². The highest BCUT2D eigenvalue weighted by molar-refractivity contribution is 14.0. The van der Waals surface area contributed by atoms with E-state index in [-0.39, 0.29) is 54.1 Å². The van der Waals surface area contributed by atoms with Gasteiger partial charge in [-0.2, -0.15) is 0 Å². The Hall–Kier alpha value is -0.910. The Balaban J connectivity index is 0.00000280. The van der Waals surface area contributed by atoms with E-state index in [1.165, 1.54) is 4.88 Å². The lowest BCUT2D eigenvalue weighted by Crippen LogP contribution is -2.52. The molecule has 7 nitrogen and oxygen atoms in total. The summed E-state index contributed by atoms with van der Waals surface area (Å²) in [6, 6.07) is 4.51. The van der Waals surface area contributed by atoms with E-state index in [0.29, 0.717) is 19.2 Å². The molecule has 2 aliphatic heterocycles. The number of carbonyl (C=O) groups excluding carboxylic acids is 1. The van der Waals surface area contributed by atoms with E-state index in [9.17, 15) is 4.79 Å². The number of nitrogens with zero attached hydrogens (tertiary/aromatic N) is 2. The predicted octanol–water partition coefficient (Wildman–Crippen LogP) is 2.39. The number of ether oxygens (including phenoxy) is 2. The van der Waals surface area contributed by atoms with Crippen molar-refractivity contribution in [3.63, 3.8) is 0 Å². The lowest BCUT2D eigenvalue weighted by Gasteiger charge is -2.38. The number of amides is 1. The summed E-state index contributed by atoms with van der Waals surface area (Å²) < 4.78 is 11.6. The number of hydrogen-bond acceptors (Lipinski definition) is 5. The van der Waals surface area contributed by atoms with Crippen LogP contribution in [0, 0.1) is 0 Å². The van der Waals surface area contributed by atoms with Crippen LogP contribution >= 0.6 is 35.3 Å². The third-order valence-corrected chi connectivity index (χ3v) is 6.15. The molecule has 9 heteroatoms. The van der Waals surface area contributed by atoms with Crippen LogP contribution in [-0.4, -0.2) is 68.9 Å². The number of rotatable bonds is 5. The molecule has 0 aliphatic carbocycles. The van der Waals surface area contributed by atoms with Crippen LogP contribution in [0.1, 0.15) is 37.1 Å². The second-order valence-electron chi connectivity index (χ2n) is 7.50. The largest absolute Gasteiger partial charge is 0.378 e. The standard InChI is InChI=1S/C19H30N4O3S.HI/c1-14(16-5-4-10-27-16)21-18(20-12-17(24)23(2)3)22-15-6-8-26-19(11-15)7-9-25-13-19;/h4-5,10,14-15H,6-9,11-13H2,1-3H3,(H2,20,21,22);1H. The predicted molar refractivity (Wildman–Crippen MR) is 123 cm³/mol. The monoisotopic (exact) mass is 522 g/mol. The third kappa shape index (κ3) is 6.30. The lowest BCUT2D eigenvalue weighted by atomic mass is 9.90. The number of nitrogens with one attached hydrogen (secondary N) is 2. The van der Waals surface area contributed by atoms with Crippen molar-refractivity contribution in [1.82, 2.24) is 15.5 Å². The SMILES string of the molecule is CC(NC(=NCC(=O)N(C)C)NC1CCOC2(CCOC2)C1)c1cccs1.I. The summed E-state index contributed by atoms with van der Waals surface area (Å²) in [5, 5.41) is 9.04. The van der Waals surface area contributed by atoms with E-state index in [1.807, 2.05) is 6.07 Å². The van der Waals surface area contributed by atoms with Gasteiger partial charge in [0.1, 0.15) is 6.54 Å². The van der Waals surface area contributed by atoms with Gasteiger partial charge >= 0.3 is 0 Å². The van der Waals surface area contributed by atoms with E-state index in [4.69, 9.17) is 9.47 Å². The molecule has 3 rings (SSSR count). The van der Waals surface area contributed by atoms with Crippen molar-refractivity contribution >= 4 is 47.2 Å². The quantitative estimate of drug-likeness (QED) is 0.353. The summed E-state index contributed by atoms with van der Waals surface area (Å²) >= 11 is 1.71. The van der Waals surface area contributed by atoms with Crippen molar-refractivity contribution in [2.45, 2.75) is 43.9 Å². The first-order valence-corrected chi connectivity index (χ1v) is 10.4. The summed E-state index contributed by atoms with van der Waals surface area (Å²) in [7, 11) is 3.49. The molecule has 1 aromatic heterocycles. The Labute approximate surface area is 188 Å². The number of thiophene rings is 1. The van der Waals surface area contributed by atoms with E-state index in [0.717, 1.165) is 25.9 Å². The smallest absolute Gasteiger partial charge is 0.243 e. The molecule has 1 amide bonds. The number of aliphatic imine (C=N–C) groups is 1. The lowest BCUT2D eigenvalue weighted by molar-refractivity contribution is -0.127. The van der Waals surface area contributed by atoms with Crippen LogP contribution in [0.5, 0.6) is 0 Å². The number of carbonyl (C=O) groups is 1. The Morgan fingerprint density at radius 2 is 2.29 bits per heavy atom. The molecule has 2 aliphatic rings. The molecule has 158 valence electrons. The average molecular weight is 522 g/mol. The fourth-order valence-corrected chi connectivity index (χ4v) is 4.18. The van der Waals surface area contributed by atoms with Gasteiger partial charge in [0.15, 0.2) is 5.96 Å². The summed E-state index contributed by atoms with van der Waals surface area (Å²) in [6.45, 7) is 4.37. The maximum Gasteiger partial charge on any atom is 0.243 e. The highest BCUT2D eigenvalue weighted by atomic mass is 127. The molecule has 3 atom stereocenters. The molecule has 0 aromatic carbocycles. The number of hydrogen-bond donors (Lipinski definition) is 2. The molecule has 28 heavy (non-hydrogen) atoms. The van der Waals surface area contributed by atoms with Gasteiger partial charge in [-0.25, -0.2) is 4.99 Å². The zero-order valence-corrected chi connectivity index (χ0v) is 19.9. The maximum absolute atomic E-state index is 12.0. The Kier molecular flexibility index (Phi) is 8.97. The van der Waals surface area contributed by atoms with Crippen LogP contribution < -0.4 is 10.6 Å². The third-order valence-electron chi connectivity index (χ3n) is 5.10. The van der Waals surface area contributed by atoms with Crippen molar-refractivity contribution in [3.8, 4) is 0 Å². The van der Waals surface area contributed by atoms with Crippen LogP contribution in [0.15, 0.2) is 22.5 Å².